The largest absolute Gasteiger partial charge is 0.355 e. The van der Waals surface area contributed by atoms with Crippen LogP contribution >= 0.6 is 0 Å². The molecule has 0 saturated carbocycles. The van der Waals surface area contributed by atoms with Gasteiger partial charge in [0.25, 0.3) is 0 Å². The quantitative estimate of drug-likeness (QED) is 0.314. The number of hydrogen-bond acceptors (Lipinski definition) is 1. The van der Waals surface area contributed by atoms with Crippen molar-refractivity contribution in [2.75, 3.05) is 5.32 Å². The van der Waals surface area contributed by atoms with Gasteiger partial charge in [0.15, 0.2) is 0 Å². The lowest BCUT2D eigenvalue weighted by molar-refractivity contribution is 1.52. The number of para-hydroxylation sites is 2. The fourth-order valence-corrected chi connectivity index (χ4v) is 3.92. The van der Waals surface area contributed by atoms with Crippen LogP contribution in [0, 0.1) is 0 Å². The summed E-state index contributed by atoms with van der Waals surface area (Å²) in [6, 6.07) is 46.7. The van der Waals surface area contributed by atoms with E-state index in [9.17, 15) is 0 Å². The van der Waals surface area contributed by atoms with E-state index in [1.54, 1.807) is 0 Å². The van der Waals surface area contributed by atoms with E-state index < -0.39 is 0 Å². The standard InChI is InChI=1S/C30H23N/c1-3-11-23(12-4-1)24-19-21-26(22-20-24)28-16-8-10-18-30(28)31-29-17-9-7-15-27(29)25-13-5-2-6-14-25/h1-22,31H. The summed E-state index contributed by atoms with van der Waals surface area (Å²) in [5.74, 6) is 0. The van der Waals surface area contributed by atoms with Gasteiger partial charge >= 0.3 is 0 Å². The van der Waals surface area contributed by atoms with Gasteiger partial charge in [-0.25, -0.2) is 0 Å². The van der Waals surface area contributed by atoms with Crippen LogP contribution in [0.1, 0.15) is 0 Å². The Hall–Kier alpha value is -4.10. The monoisotopic (exact) mass is 397 g/mol. The number of nitrogens with one attached hydrogen (secondary N) is 1. The average molecular weight is 398 g/mol. The molecule has 148 valence electrons. The van der Waals surface area contributed by atoms with E-state index in [0.29, 0.717) is 0 Å². The number of hydrogen-bond donors (Lipinski definition) is 1. The van der Waals surface area contributed by atoms with Crippen molar-refractivity contribution in [3.05, 3.63) is 133 Å². The van der Waals surface area contributed by atoms with Gasteiger partial charge in [-0.05, 0) is 34.4 Å². The molecule has 0 unspecified atom stereocenters. The fraction of sp³-hybridized carbons (Fsp3) is 0. The molecular weight excluding hydrogens is 374 g/mol. The van der Waals surface area contributed by atoms with Gasteiger partial charge in [-0.15, -0.1) is 0 Å². The van der Waals surface area contributed by atoms with Crippen LogP contribution in [-0.2, 0) is 0 Å². The number of benzene rings is 5. The summed E-state index contributed by atoms with van der Waals surface area (Å²) >= 11 is 0. The van der Waals surface area contributed by atoms with Crippen LogP contribution in [0.4, 0.5) is 11.4 Å². The van der Waals surface area contributed by atoms with Crippen LogP contribution in [0.2, 0.25) is 0 Å². The summed E-state index contributed by atoms with van der Waals surface area (Å²) in [6.07, 6.45) is 0. The minimum Gasteiger partial charge on any atom is -0.355 e. The lowest BCUT2D eigenvalue weighted by Crippen LogP contribution is -1.95. The van der Waals surface area contributed by atoms with E-state index >= 15 is 0 Å². The van der Waals surface area contributed by atoms with Crippen molar-refractivity contribution in [3.63, 3.8) is 0 Å². The molecule has 1 heteroatoms. The maximum absolute atomic E-state index is 3.68. The van der Waals surface area contributed by atoms with Gasteiger partial charge in [0.2, 0.25) is 0 Å². The van der Waals surface area contributed by atoms with E-state index in [0.717, 1.165) is 11.4 Å². The molecule has 5 aromatic carbocycles. The molecule has 1 nitrogen and oxygen atoms in total. The minimum atomic E-state index is 1.10. The molecule has 0 spiro atoms. The second-order valence-electron chi connectivity index (χ2n) is 7.53. The summed E-state index contributed by atoms with van der Waals surface area (Å²) in [5, 5.41) is 3.68. The zero-order valence-corrected chi connectivity index (χ0v) is 17.2. The molecule has 0 aliphatic heterocycles. The van der Waals surface area contributed by atoms with Gasteiger partial charge < -0.3 is 5.32 Å². The molecule has 0 amide bonds. The van der Waals surface area contributed by atoms with E-state index in [-0.39, 0.29) is 0 Å². The van der Waals surface area contributed by atoms with E-state index in [1.807, 2.05) is 12.1 Å². The minimum absolute atomic E-state index is 1.10. The Kier molecular flexibility index (Phi) is 5.32. The highest BCUT2D eigenvalue weighted by atomic mass is 14.9. The topological polar surface area (TPSA) is 12.0 Å². The first-order valence-corrected chi connectivity index (χ1v) is 10.5. The second-order valence-corrected chi connectivity index (χ2v) is 7.53. The van der Waals surface area contributed by atoms with Crippen LogP contribution < -0.4 is 5.32 Å². The Morgan fingerprint density at radius 2 is 0.645 bits per heavy atom. The fourth-order valence-electron chi connectivity index (χ4n) is 3.92. The summed E-state index contributed by atoms with van der Waals surface area (Å²) in [5.41, 5.74) is 9.43. The van der Waals surface area contributed by atoms with E-state index in [2.05, 4.69) is 127 Å². The Labute approximate surface area is 183 Å². The Bertz CT molecular complexity index is 1270. The van der Waals surface area contributed by atoms with Crippen molar-refractivity contribution in [1.82, 2.24) is 0 Å². The van der Waals surface area contributed by atoms with Crippen LogP contribution in [0.5, 0.6) is 0 Å². The van der Waals surface area contributed by atoms with E-state index in [4.69, 9.17) is 0 Å². The first-order valence-electron chi connectivity index (χ1n) is 10.5. The molecule has 31 heavy (non-hydrogen) atoms. The smallest absolute Gasteiger partial charge is 0.0464 e. The third kappa shape index (κ3) is 4.12. The first-order chi connectivity index (χ1) is 15.4. The molecule has 0 aliphatic rings. The highest BCUT2D eigenvalue weighted by Crippen LogP contribution is 2.35. The van der Waals surface area contributed by atoms with Gasteiger partial charge in [-0.1, -0.05) is 121 Å². The van der Waals surface area contributed by atoms with Crippen molar-refractivity contribution in [1.29, 1.82) is 0 Å². The molecule has 0 atom stereocenters. The molecule has 0 bridgehead atoms. The van der Waals surface area contributed by atoms with E-state index in [1.165, 1.54) is 33.4 Å². The molecule has 0 aromatic heterocycles. The molecule has 0 saturated heterocycles. The van der Waals surface area contributed by atoms with Crippen molar-refractivity contribution < 1.29 is 0 Å². The highest BCUT2D eigenvalue weighted by molar-refractivity contribution is 5.87. The number of rotatable bonds is 5. The Morgan fingerprint density at radius 1 is 0.290 bits per heavy atom. The lowest BCUT2D eigenvalue weighted by atomic mass is 9.98. The molecule has 0 fully saturated rings. The third-order valence-corrected chi connectivity index (χ3v) is 5.51. The molecule has 1 N–H and O–H groups in total. The van der Waals surface area contributed by atoms with Gasteiger partial charge in [-0.2, -0.15) is 0 Å². The molecule has 0 heterocycles. The van der Waals surface area contributed by atoms with Gasteiger partial charge in [0.05, 0.1) is 0 Å². The van der Waals surface area contributed by atoms with Gasteiger partial charge in [0.1, 0.15) is 0 Å². The van der Waals surface area contributed by atoms with Crippen LogP contribution in [0.3, 0.4) is 0 Å². The zero-order chi connectivity index (χ0) is 20.9. The SMILES string of the molecule is c1ccc(-c2ccc(-c3ccccc3Nc3ccccc3-c3ccccc3)cc2)cc1. The molecule has 0 aliphatic carbocycles. The maximum Gasteiger partial charge on any atom is 0.0464 e. The highest BCUT2D eigenvalue weighted by Gasteiger charge is 2.09. The first kappa shape index (κ1) is 18.9. The molecule has 5 aromatic rings. The number of anilines is 2. The normalized spacial score (nSPS) is 10.6. The van der Waals surface area contributed by atoms with Crippen molar-refractivity contribution in [2.24, 2.45) is 0 Å². The van der Waals surface area contributed by atoms with Crippen LogP contribution in [0.25, 0.3) is 33.4 Å². The summed E-state index contributed by atoms with van der Waals surface area (Å²) in [4.78, 5) is 0. The van der Waals surface area contributed by atoms with Gasteiger partial charge in [-0.3, -0.25) is 0 Å². The predicted octanol–water partition coefficient (Wildman–Crippen LogP) is 8.43. The van der Waals surface area contributed by atoms with Gasteiger partial charge in [0, 0.05) is 22.5 Å². The molecule has 5 rings (SSSR count). The zero-order valence-electron chi connectivity index (χ0n) is 17.2. The van der Waals surface area contributed by atoms with Crippen molar-refractivity contribution in [3.8, 4) is 33.4 Å². The Morgan fingerprint density at radius 3 is 1.19 bits per heavy atom. The third-order valence-electron chi connectivity index (χ3n) is 5.51. The Balaban J connectivity index is 1.49. The van der Waals surface area contributed by atoms with Crippen molar-refractivity contribution >= 4 is 11.4 Å². The molecular formula is C30H23N. The lowest BCUT2D eigenvalue weighted by Gasteiger charge is -2.16. The van der Waals surface area contributed by atoms with Crippen LogP contribution in [0.15, 0.2) is 133 Å². The van der Waals surface area contributed by atoms with Crippen LogP contribution in [-0.4, -0.2) is 0 Å². The van der Waals surface area contributed by atoms with Crippen molar-refractivity contribution in [2.45, 2.75) is 0 Å². The summed E-state index contributed by atoms with van der Waals surface area (Å²) in [6.45, 7) is 0. The molecule has 0 radical (unpaired) electrons. The average Bonchev–Trinajstić information content (AvgIpc) is 2.86. The summed E-state index contributed by atoms with van der Waals surface area (Å²) in [7, 11) is 0. The predicted molar refractivity (Wildman–Crippen MR) is 132 cm³/mol. The maximum atomic E-state index is 3.68. The second kappa shape index (κ2) is 8.73. The summed E-state index contributed by atoms with van der Waals surface area (Å²) < 4.78 is 0.